The van der Waals surface area contributed by atoms with Gasteiger partial charge in [0.1, 0.15) is 0 Å². The minimum Gasteiger partial charge on any atom is -0.326 e. The number of nitrogens with one attached hydrogen (secondary N) is 1. The highest BCUT2D eigenvalue weighted by molar-refractivity contribution is 6.03. The smallest absolute Gasteiger partial charge is 0.229 e. The van der Waals surface area contributed by atoms with Gasteiger partial charge in [-0.1, -0.05) is 12.1 Å². The molecule has 1 aliphatic rings. The van der Waals surface area contributed by atoms with E-state index in [9.17, 15) is 9.59 Å². The molecule has 3 rings (SSSR count). The molecule has 1 atom stereocenters. The first-order valence-electron chi connectivity index (χ1n) is 7.19. The van der Waals surface area contributed by atoms with E-state index in [1.165, 1.54) is 0 Å². The number of carbonyl (C=O) groups excluding carboxylic acids is 2. The van der Waals surface area contributed by atoms with Crippen molar-refractivity contribution in [1.29, 1.82) is 0 Å². The number of aromatic nitrogens is 2. The van der Waals surface area contributed by atoms with E-state index in [4.69, 9.17) is 0 Å². The van der Waals surface area contributed by atoms with Crippen LogP contribution in [-0.2, 0) is 16.6 Å². The maximum absolute atomic E-state index is 12.3. The standard InChI is InChI=1S/C16H18N4O2/c1-11-4-3-5-13(6-11)18-16(22)12-7-15(21)20(9-12)14-8-17-19(2)10-14/h3-6,8,10,12H,7,9H2,1-2H3,(H,18,22)/t12-/m0/s1. The summed E-state index contributed by atoms with van der Waals surface area (Å²) in [6, 6.07) is 7.62. The van der Waals surface area contributed by atoms with Crippen molar-refractivity contribution in [2.45, 2.75) is 13.3 Å². The van der Waals surface area contributed by atoms with Gasteiger partial charge in [-0.05, 0) is 24.6 Å². The lowest BCUT2D eigenvalue weighted by molar-refractivity contribution is -0.122. The molecule has 2 heterocycles. The van der Waals surface area contributed by atoms with Crippen LogP contribution in [0.1, 0.15) is 12.0 Å². The van der Waals surface area contributed by atoms with Crippen LogP contribution < -0.4 is 10.2 Å². The molecule has 0 saturated carbocycles. The molecule has 22 heavy (non-hydrogen) atoms. The minimum absolute atomic E-state index is 0.0441. The van der Waals surface area contributed by atoms with Gasteiger partial charge in [0.15, 0.2) is 0 Å². The lowest BCUT2D eigenvalue weighted by atomic mass is 10.1. The average molecular weight is 298 g/mol. The largest absolute Gasteiger partial charge is 0.326 e. The molecule has 0 unspecified atom stereocenters. The Morgan fingerprint density at radius 2 is 2.23 bits per heavy atom. The summed E-state index contributed by atoms with van der Waals surface area (Å²) < 4.78 is 1.64. The lowest BCUT2D eigenvalue weighted by Gasteiger charge is -2.14. The molecular weight excluding hydrogens is 280 g/mol. The second-order valence-electron chi connectivity index (χ2n) is 5.64. The molecule has 1 saturated heterocycles. The first-order chi connectivity index (χ1) is 10.5. The van der Waals surface area contributed by atoms with Gasteiger partial charge in [-0.15, -0.1) is 0 Å². The normalized spacial score (nSPS) is 17.8. The lowest BCUT2D eigenvalue weighted by Crippen LogP contribution is -2.27. The Hall–Kier alpha value is -2.63. The van der Waals surface area contributed by atoms with Crippen LogP contribution >= 0.6 is 0 Å². The summed E-state index contributed by atoms with van der Waals surface area (Å²) in [6.45, 7) is 2.36. The van der Waals surface area contributed by atoms with Gasteiger partial charge in [0.2, 0.25) is 11.8 Å². The highest BCUT2D eigenvalue weighted by atomic mass is 16.2. The van der Waals surface area contributed by atoms with Crippen LogP contribution in [0.5, 0.6) is 0 Å². The van der Waals surface area contributed by atoms with Crippen LogP contribution in [0.4, 0.5) is 11.4 Å². The van der Waals surface area contributed by atoms with Crippen molar-refractivity contribution in [3.63, 3.8) is 0 Å². The van der Waals surface area contributed by atoms with Gasteiger partial charge in [0.05, 0.1) is 17.8 Å². The molecule has 1 N–H and O–H groups in total. The zero-order valence-electron chi connectivity index (χ0n) is 12.6. The third kappa shape index (κ3) is 2.86. The Labute approximate surface area is 128 Å². The number of hydrogen-bond donors (Lipinski definition) is 1. The predicted octanol–water partition coefficient (Wildman–Crippen LogP) is 1.72. The van der Waals surface area contributed by atoms with E-state index < -0.39 is 0 Å². The van der Waals surface area contributed by atoms with E-state index in [1.807, 2.05) is 31.2 Å². The third-order valence-corrected chi connectivity index (χ3v) is 3.78. The second-order valence-corrected chi connectivity index (χ2v) is 5.64. The summed E-state index contributed by atoms with van der Waals surface area (Å²) in [5, 5.41) is 6.95. The van der Waals surface area contributed by atoms with Crippen LogP contribution in [0.25, 0.3) is 0 Å². The number of anilines is 2. The van der Waals surface area contributed by atoms with E-state index in [1.54, 1.807) is 29.0 Å². The molecule has 2 amide bonds. The summed E-state index contributed by atoms with van der Waals surface area (Å²) in [5.74, 6) is -0.504. The first-order valence-corrected chi connectivity index (χ1v) is 7.19. The fourth-order valence-corrected chi connectivity index (χ4v) is 2.65. The minimum atomic E-state index is -0.340. The average Bonchev–Trinajstić information content (AvgIpc) is 3.05. The fraction of sp³-hybridized carbons (Fsp3) is 0.312. The van der Waals surface area contributed by atoms with E-state index >= 15 is 0 Å². The Morgan fingerprint density at radius 1 is 1.41 bits per heavy atom. The second kappa shape index (κ2) is 5.63. The molecule has 0 radical (unpaired) electrons. The van der Waals surface area contributed by atoms with Crippen molar-refractivity contribution in [2.75, 3.05) is 16.8 Å². The number of aryl methyl sites for hydroxylation is 2. The number of carbonyl (C=O) groups is 2. The monoisotopic (exact) mass is 298 g/mol. The topological polar surface area (TPSA) is 67.2 Å². The van der Waals surface area contributed by atoms with Crippen molar-refractivity contribution in [3.8, 4) is 0 Å². The summed E-state index contributed by atoms with van der Waals surface area (Å²) >= 11 is 0. The van der Waals surface area contributed by atoms with Crippen LogP contribution in [0.3, 0.4) is 0 Å². The molecule has 6 nitrogen and oxygen atoms in total. The van der Waals surface area contributed by atoms with Crippen molar-refractivity contribution in [2.24, 2.45) is 13.0 Å². The predicted molar refractivity (Wildman–Crippen MR) is 83.5 cm³/mol. The maximum atomic E-state index is 12.3. The molecule has 114 valence electrons. The van der Waals surface area contributed by atoms with Crippen molar-refractivity contribution in [1.82, 2.24) is 9.78 Å². The Bertz CT molecular complexity index is 722. The van der Waals surface area contributed by atoms with Gasteiger partial charge in [-0.2, -0.15) is 5.10 Å². The van der Waals surface area contributed by atoms with E-state index in [-0.39, 0.29) is 24.2 Å². The maximum Gasteiger partial charge on any atom is 0.229 e. The molecule has 2 aromatic rings. The Balaban J connectivity index is 1.68. The Kier molecular flexibility index (Phi) is 3.66. The molecule has 1 fully saturated rings. The molecule has 1 aliphatic heterocycles. The number of rotatable bonds is 3. The summed E-state index contributed by atoms with van der Waals surface area (Å²) in [5.41, 5.74) is 2.58. The molecule has 1 aromatic heterocycles. The first kappa shape index (κ1) is 14.3. The molecule has 1 aromatic carbocycles. The van der Waals surface area contributed by atoms with Gasteiger partial charge in [-0.3, -0.25) is 14.3 Å². The summed E-state index contributed by atoms with van der Waals surface area (Å²) in [4.78, 5) is 26.1. The zero-order valence-corrected chi connectivity index (χ0v) is 12.6. The number of hydrogen-bond acceptors (Lipinski definition) is 3. The van der Waals surface area contributed by atoms with Gasteiger partial charge < -0.3 is 10.2 Å². The fourth-order valence-electron chi connectivity index (χ4n) is 2.65. The number of benzene rings is 1. The number of amides is 2. The summed E-state index contributed by atoms with van der Waals surface area (Å²) in [7, 11) is 1.80. The van der Waals surface area contributed by atoms with Crippen molar-refractivity contribution in [3.05, 3.63) is 42.2 Å². The van der Waals surface area contributed by atoms with Crippen molar-refractivity contribution < 1.29 is 9.59 Å². The van der Waals surface area contributed by atoms with Gasteiger partial charge in [-0.25, -0.2) is 0 Å². The van der Waals surface area contributed by atoms with E-state index in [2.05, 4.69) is 10.4 Å². The third-order valence-electron chi connectivity index (χ3n) is 3.78. The van der Waals surface area contributed by atoms with Gasteiger partial charge in [0, 0.05) is 31.9 Å². The van der Waals surface area contributed by atoms with Crippen LogP contribution in [0.2, 0.25) is 0 Å². The molecule has 0 spiro atoms. The number of nitrogens with zero attached hydrogens (tertiary/aromatic N) is 3. The van der Waals surface area contributed by atoms with Gasteiger partial charge >= 0.3 is 0 Å². The molecule has 0 aliphatic carbocycles. The Morgan fingerprint density at radius 3 is 2.91 bits per heavy atom. The van der Waals surface area contributed by atoms with Crippen molar-refractivity contribution >= 4 is 23.2 Å². The quantitative estimate of drug-likeness (QED) is 0.938. The van der Waals surface area contributed by atoms with Crippen LogP contribution in [0, 0.1) is 12.8 Å². The molecule has 6 heteroatoms. The summed E-state index contributed by atoms with van der Waals surface area (Å²) in [6.07, 6.45) is 3.64. The van der Waals surface area contributed by atoms with E-state index in [0.29, 0.717) is 6.54 Å². The van der Waals surface area contributed by atoms with Crippen LogP contribution in [0.15, 0.2) is 36.7 Å². The van der Waals surface area contributed by atoms with Crippen LogP contribution in [-0.4, -0.2) is 28.1 Å². The zero-order chi connectivity index (χ0) is 15.7. The molecular formula is C16H18N4O2. The van der Waals surface area contributed by atoms with Gasteiger partial charge in [0.25, 0.3) is 0 Å². The van der Waals surface area contributed by atoms with E-state index in [0.717, 1.165) is 16.9 Å². The SMILES string of the molecule is Cc1cccc(NC(=O)[C@H]2CC(=O)N(c3cnn(C)c3)C2)c1. The highest BCUT2D eigenvalue weighted by Gasteiger charge is 2.35. The highest BCUT2D eigenvalue weighted by Crippen LogP contribution is 2.25. The molecule has 0 bridgehead atoms.